The Hall–Kier alpha value is -3.54. The van der Waals surface area contributed by atoms with Crippen molar-refractivity contribution in [2.45, 2.75) is 41.0 Å². The summed E-state index contributed by atoms with van der Waals surface area (Å²) in [5, 5.41) is 7.69. The standard InChI is InChI=1S/C24H25N5O/c1-14-10-11-21(16(3)12-14)26-22(30)13-20-17(4)25-24-27-23(28-29(24)18(20)5)19-9-7-6-8-15(19)2/h6-12H,13H2,1-5H3,(H,26,30). The lowest BCUT2D eigenvalue weighted by Gasteiger charge is -2.12. The van der Waals surface area contributed by atoms with Gasteiger partial charge in [-0.15, -0.1) is 5.10 Å². The highest BCUT2D eigenvalue weighted by Gasteiger charge is 2.17. The van der Waals surface area contributed by atoms with Crippen LogP contribution < -0.4 is 5.32 Å². The molecular formula is C24H25N5O. The maximum absolute atomic E-state index is 12.7. The van der Waals surface area contributed by atoms with Crippen molar-refractivity contribution in [2.24, 2.45) is 0 Å². The minimum atomic E-state index is -0.0754. The molecule has 1 amide bonds. The van der Waals surface area contributed by atoms with Gasteiger partial charge in [0.15, 0.2) is 5.82 Å². The van der Waals surface area contributed by atoms with Crippen LogP contribution in [-0.2, 0) is 11.2 Å². The van der Waals surface area contributed by atoms with Crippen molar-refractivity contribution in [1.82, 2.24) is 19.6 Å². The molecule has 0 bridgehead atoms. The van der Waals surface area contributed by atoms with E-state index in [2.05, 4.69) is 26.4 Å². The van der Waals surface area contributed by atoms with Crippen LogP contribution in [0.4, 0.5) is 5.69 Å². The van der Waals surface area contributed by atoms with E-state index in [1.165, 1.54) is 5.56 Å². The number of aryl methyl sites for hydroxylation is 5. The van der Waals surface area contributed by atoms with Gasteiger partial charge in [-0.05, 0) is 51.8 Å². The number of aromatic nitrogens is 4. The molecule has 0 atom stereocenters. The monoisotopic (exact) mass is 399 g/mol. The van der Waals surface area contributed by atoms with Gasteiger partial charge in [-0.3, -0.25) is 4.79 Å². The van der Waals surface area contributed by atoms with E-state index >= 15 is 0 Å². The highest BCUT2D eigenvalue weighted by Crippen LogP contribution is 2.22. The molecule has 4 aromatic rings. The largest absolute Gasteiger partial charge is 0.326 e. The summed E-state index contributed by atoms with van der Waals surface area (Å²) in [6.07, 6.45) is 0.230. The number of rotatable bonds is 4. The molecule has 1 N–H and O–H groups in total. The van der Waals surface area contributed by atoms with Crippen LogP contribution in [0.2, 0.25) is 0 Å². The summed E-state index contributed by atoms with van der Waals surface area (Å²) in [4.78, 5) is 22.0. The molecule has 0 aliphatic heterocycles. The molecule has 0 aliphatic rings. The molecule has 0 aliphatic carbocycles. The number of anilines is 1. The quantitative estimate of drug-likeness (QED) is 0.548. The molecule has 2 heterocycles. The molecule has 0 saturated carbocycles. The van der Waals surface area contributed by atoms with Gasteiger partial charge in [-0.25, -0.2) is 9.50 Å². The molecule has 6 heteroatoms. The first-order chi connectivity index (χ1) is 14.3. The van der Waals surface area contributed by atoms with E-state index in [1.807, 2.05) is 71.0 Å². The molecule has 6 nitrogen and oxygen atoms in total. The third-order valence-corrected chi connectivity index (χ3v) is 5.43. The molecule has 0 saturated heterocycles. The van der Waals surface area contributed by atoms with Crippen LogP contribution in [0.5, 0.6) is 0 Å². The number of hydrogen-bond acceptors (Lipinski definition) is 4. The summed E-state index contributed by atoms with van der Waals surface area (Å²) >= 11 is 0. The van der Waals surface area contributed by atoms with Crippen LogP contribution in [0.1, 0.15) is 33.6 Å². The van der Waals surface area contributed by atoms with Gasteiger partial charge >= 0.3 is 0 Å². The van der Waals surface area contributed by atoms with E-state index in [9.17, 15) is 4.79 Å². The number of fused-ring (bicyclic) bond motifs is 1. The van der Waals surface area contributed by atoms with E-state index in [1.54, 1.807) is 4.52 Å². The van der Waals surface area contributed by atoms with Gasteiger partial charge in [0, 0.05) is 28.2 Å². The van der Waals surface area contributed by atoms with Gasteiger partial charge in [0.2, 0.25) is 5.91 Å². The number of amides is 1. The van der Waals surface area contributed by atoms with Crippen LogP contribution >= 0.6 is 0 Å². The molecule has 2 aromatic carbocycles. The van der Waals surface area contributed by atoms with Crippen molar-refractivity contribution in [3.8, 4) is 11.4 Å². The Morgan fingerprint density at radius 1 is 0.967 bits per heavy atom. The van der Waals surface area contributed by atoms with E-state index in [0.29, 0.717) is 11.6 Å². The third kappa shape index (κ3) is 3.68. The topological polar surface area (TPSA) is 72.2 Å². The summed E-state index contributed by atoms with van der Waals surface area (Å²) in [5.41, 5.74) is 7.67. The fourth-order valence-corrected chi connectivity index (χ4v) is 3.71. The fraction of sp³-hybridized carbons (Fsp3) is 0.250. The first-order valence-corrected chi connectivity index (χ1v) is 9.99. The van der Waals surface area contributed by atoms with Crippen molar-refractivity contribution in [2.75, 3.05) is 5.32 Å². The summed E-state index contributed by atoms with van der Waals surface area (Å²) < 4.78 is 1.73. The maximum Gasteiger partial charge on any atom is 0.253 e. The van der Waals surface area contributed by atoms with Gasteiger partial charge in [0.05, 0.1) is 6.42 Å². The zero-order chi connectivity index (χ0) is 21.4. The Labute approximate surface area is 176 Å². The lowest BCUT2D eigenvalue weighted by atomic mass is 10.1. The molecule has 152 valence electrons. The Bertz CT molecular complexity index is 1270. The lowest BCUT2D eigenvalue weighted by Crippen LogP contribution is -2.18. The third-order valence-electron chi connectivity index (χ3n) is 5.43. The lowest BCUT2D eigenvalue weighted by molar-refractivity contribution is -0.115. The van der Waals surface area contributed by atoms with E-state index in [4.69, 9.17) is 0 Å². The molecule has 0 unspecified atom stereocenters. The normalized spacial score (nSPS) is 11.1. The number of benzene rings is 2. The summed E-state index contributed by atoms with van der Waals surface area (Å²) in [6.45, 7) is 9.94. The van der Waals surface area contributed by atoms with Crippen molar-refractivity contribution >= 4 is 17.4 Å². The van der Waals surface area contributed by atoms with E-state index < -0.39 is 0 Å². The van der Waals surface area contributed by atoms with Crippen molar-refractivity contribution in [3.05, 3.63) is 76.1 Å². The molecular weight excluding hydrogens is 374 g/mol. The highest BCUT2D eigenvalue weighted by molar-refractivity contribution is 5.93. The number of hydrogen-bond donors (Lipinski definition) is 1. The SMILES string of the molecule is Cc1ccc(NC(=O)Cc2c(C)nc3nc(-c4ccccc4C)nn3c2C)c(C)c1. The average Bonchev–Trinajstić information content (AvgIpc) is 3.11. The van der Waals surface area contributed by atoms with Crippen LogP contribution in [-0.4, -0.2) is 25.5 Å². The molecule has 0 radical (unpaired) electrons. The van der Waals surface area contributed by atoms with Gasteiger partial charge in [0.1, 0.15) is 0 Å². The Morgan fingerprint density at radius 3 is 2.47 bits per heavy atom. The number of nitrogens with zero attached hydrogens (tertiary/aromatic N) is 4. The van der Waals surface area contributed by atoms with Crippen LogP contribution in [0.3, 0.4) is 0 Å². The first-order valence-electron chi connectivity index (χ1n) is 9.99. The second-order valence-electron chi connectivity index (χ2n) is 7.77. The number of carbonyl (C=O) groups excluding carboxylic acids is 1. The summed E-state index contributed by atoms with van der Waals surface area (Å²) in [6, 6.07) is 14.0. The van der Waals surface area contributed by atoms with Gasteiger partial charge in [0.25, 0.3) is 5.78 Å². The second-order valence-corrected chi connectivity index (χ2v) is 7.77. The van der Waals surface area contributed by atoms with Crippen molar-refractivity contribution in [3.63, 3.8) is 0 Å². The van der Waals surface area contributed by atoms with Crippen LogP contribution in [0, 0.1) is 34.6 Å². The van der Waals surface area contributed by atoms with Crippen LogP contribution in [0.15, 0.2) is 42.5 Å². The minimum Gasteiger partial charge on any atom is -0.326 e. The van der Waals surface area contributed by atoms with E-state index in [-0.39, 0.29) is 12.3 Å². The van der Waals surface area contributed by atoms with Gasteiger partial charge < -0.3 is 5.32 Å². The summed E-state index contributed by atoms with van der Waals surface area (Å²) in [7, 11) is 0. The Kier molecular flexibility index (Phi) is 5.08. The Balaban J connectivity index is 1.66. The molecule has 0 fully saturated rings. The smallest absolute Gasteiger partial charge is 0.253 e. The number of carbonyl (C=O) groups is 1. The number of nitrogens with one attached hydrogen (secondary N) is 1. The molecule has 2 aromatic heterocycles. The molecule has 30 heavy (non-hydrogen) atoms. The first kappa shape index (κ1) is 19.8. The predicted molar refractivity (Wildman–Crippen MR) is 119 cm³/mol. The Morgan fingerprint density at radius 2 is 1.73 bits per heavy atom. The highest BCUT2D eigenvalue weighted by atomic mass is 16.1. The van der Waals surface area contributed by atoms with Crippen LogP contribution in [0.25, 0.3) is 17.2 Å². The summed E-state index contributed by atoms with van der Waals surface area (Å²) in [5.74, 6) is 1.11. The van der Waals surface area contributed by atoms with Gasteiger partial charge in [-0.2, -0.15) is 4.98 Å². The maximum atomic E-state index is 12.7. The minimum absolute atomic E-state index is 0.0754. The average molecular weight is 399 g/mol. The molecule has 0 spiro atoms. The van der Waals surface area contributed by atoms with E-state index in [0.717, 1.165) is 39.3 Å². The predicted octanol–water partition coefficient (Wildman–Crippen LogP) is 4.51. The zero-order valence-electron chi connectivity index (χ0n) is 17.9. The fourth-order valence-electron chi connectivity index (χ4n) is 3.71. The molecule has 4 rings (SSSR count). The second kappa shape index (κ2) is 7.71. The zero-order valence-corrected chi connectivity index (χ0v) is 17.9. The van der Waals surface area contributed by atoms with Gasteiger partial charge in [-0.1, -0.05) is 42.0 Å². The van der Waals surface area contributed by atoms with Crippen molar-refractivity contribution in [1.29, 1.82) is 0 Å². The van der Waals surface area contributed by atoms with Crippen molar-refractivity contribution < 1.29 is 4.79 Å².